The lowest BCUT2D eigenvalue weighted by molar-refractivity contribution is -0.140. The van der Waals surface area contributed by atoms with E-state index in [4.69, 9.17) is 9.47 Å². The number of hydrogen-bond acceptors (Lipinski definition) is 7. The largest absolute Gasteiger partial charge is 0.495 e. The highest BCUT2D eigenvalue weighted by Gasteiger charge is 2.33. The van der Waals surface area contributed by atoms with Gasteiger partial charge in [0.2, 0.25) is 0 Å². The summed E-state index contributed by atoms with van der Waals surface area (Å²) in [5.74, 6) is 7.15. The predicted octanol–water partition coefficient (Wildman–Crippen LogP) is 4.59. The van der Waals surface area contributed by atoms with E-state index < -0.39 is 22.6 Å². The quantitative estimate of drug-likeness (QED) is 0.406. The Morgan fingerprint density at radius 3 is 2.61 bits per heavy atom. The average Bonchev–Trinajstić information content (AvgIpc) is 3.26. The summed E-state index contributed by atoms with van der Waals surface area (Å²) in [5.41, 5.74) is 1.88. The second-order valence-electron chi connectivity index (χ2n) is 10.6. The van der Waals surface area contributed by atoms with Crippen molar-refractivity contribution in [2.75, 3.05) is 57.3 Å². The van der Waals surface area contributed by atoms with Crippen molar-refractivity contribution in [3.8, 4) is 23.3 Å². The molecule has 0 bridgehead atoms. The summed E-state index contributed by atoms with van der Waals surface area (Å²) in [6, 6.07) is 9.55. The molecule has 2 N–H and O–H groups in total. The second-order valence-corrected chi connectivity index (χ2v) is 12.6. The fraction of sp³-hybridized carbons (Fsp3) is 0.448. The lowest BCUT2D eigenvalue weighted by Crippen LogP contribution is -2.43. The van der Waals surface area contributed by atoms with Crippen molar-refractivity contribution >= 4 is 32.1 Å². The number of fused-ring (bicyclic) bond motifs is 3. The van der Waals surface area contributed by atoms with Crippen LogP contribution in [0, 0.1) is 17.8 Å². The molecule has 2 aliphatic rings. The van der Waals surface area contributed by atoms with E-state index in [2.05, 4.69) is 34.4 Å². The second kappa shape index (κ2) is 11.4. The molecule has 2 aliphatic heterocycles. The molecule has 8 nitrogen and oxygen atoms in total. The Labute approximate surface area is 237 Å². The minimum atomic E-state index is -4.44. The van der Waals surface area contributed by atoms with E-state index in [1.54, 1.807) is 24.3 Å². The van der Waals surface area contributed by atoms with Crippen LogP contribution in [0.2, 0.25) is 0 Å². The Balaban J connectivity index is 1.42. The molecule has 0 saturated carbocycles. The highest BCUT2D eigenvalue weighted by atomic mass is 32.2. The van der Waals surface area contributed by atoms with Gasteiger partial charge in [0, 0.05) is 17.7 Å². The predicted molar refractivity (Wildman–Crippen MR) is 153 cm³/mol. The standard InChI is InChI=1S/C29H33F3N4O4S/c1-35-13-10-19(11-14-35)24-17-40-26-9-8-25-22(28(26)34-24)15-20(36(25)18-29(30,31)32)5-4-12-33-23-7-6-21(41(3,37)38)16-27(23)39-2/h6-9,15-16,19,24,33-34H,10-14,17-18H2,1-3H3. The molecule has 1 saturated heterocycles. The molecule has 0 aliphatic carbocycles. The number of methoxy groups -OCH3 is 1. The molecule has 2 aromatic carbocycles. The summed E-state index contributed by atoms with van der Waals surface area (Å²) >= 11 is 0. The highest BCUT2D eigenvalue weighted by molar-refractivity contribution is 7.90. The number of benzene rings is 2. The van der Waals surface area contributed by atoms with Gasteiger partial charge in [0.1, 0.15) is 24.7 Å². The van der Waals surface area contributed by atoms with E-state index in [1.165, 1.54) is 23.8 Å². The number of hydrogen-bond donors (Lipinski definition) is 2. The molecule has 220 valence electrons. The van der Waals surface area contributed by atoms with Crippen molar-refractivity contribution in [1.82, 2.24) is 9.47 Å². The van der Waals surface area contributed by atoms with Gasteiger partial charge in [0.05, 0.1) is 47.2 Å². The topological polar surface area (TPSA) is 84.8 Å². The zero-order valence-corrected chi connectivity index (χ0v) is 24.0. The van der Waals surface area contributed by atoms with E-state index in [-0.39, 0.29) is 23.2 Å². The van der Waals surface area contributed by atoms with Gasteiger partial charge in [-0.3, -0.25) is 0 Å². The van der Waals surface area contributed by atoms with Crippen molar-refractivity contribution in [2.45, 2.75) is 36.5 Å². The van der Waals surface area contributed by atoms with Gasteiger partial charge in [-0.05, 0) is 75.1 Å². The minimum Gasteiger partial charge on any atom is -0.495 e. The van der Waals surface area contributed by atoms with Gasteiger partial charge < -0.3 is 29.6 Å². The SMILES string of the molecule is COc1cc(S(C)(=O)=O)ccc1NCC#Cc1cc2c3c(ccc2n1CC(F)(F)F)OCC(C1CCN(C)CC1)N3. The van der Waals surface area contributed by atoms with E-state index in [0.29, 0.717) is 46.3 Å². The number of piperidine rings is 1. The number of sulfone groups is 1. The van der Waals surface area contributed by atoms with Gasteiger partial charge in [-0.15, -0.1) is 0 Å². The van der Waals surface area contributed by atoms with Crippen LogP contribution in [0.5, 0.6) is 11.5 Å². The Morgan fingerprint density at radius 1 is 1.17 bits per heavy atom. The normalized spacial score (nSPS) is 18.1. The molecule has 41 heavy (non-hydrogen) atoms. The van der Waals surface area contributed by atoms with Crippen molar-refractivity contribution in [1.29, 1.82) is 0 Å². The van der Waals surface area contributed by atoms with Crippen LogP contribution in [0.4, 0.5) is 24.5 Å². The number of anilines is 2. The monoisotopic (exact) mass is 590 g/mol. The zero-order valence-electron chi connectivity index (χ0n) is 23.1. The summed E-state index contributed by atoms with van der Waals surface area (Å²) in [6.07, 6.45) is -1.27. The maximum Gasteiger partial charge on any atom is 0.406 e. The summed E-state index contributed by atoms with van der Waals surface area (Å²) in [7, 11) is 0.112. The summed E-state index contributed by atoms with van der Waals surface area (Å²) in [4.78, 5) is 2.41. The maximum absolute atomic E-state index is 13.6. The molecule has 3 heterocycles. The maximum atomic E-state index is 13.6. The average molecular weight is 591 g/mol. The molecule has 1 atom stereocenters. The highest BCUT2D eigenvalue weighted by Crippen LogP contribution is 2.40. The third-order valence-corrected chi connectivity index (χ3v) is 8.76. The first-order chi connectivity index (χ1) is 19.4. The van der Waals surface area contributed by atoms with Crippen LogP contribution in [0.25, 0.3) is 10.9 Å². The minimum absolute atomic E-state index is 0.0792. The fourth-order valence-electron chi connectivity index (χ4n) is 5.45. The molecule has 5 rings (SSSR count). The van der Waals surface area contributed by atoms with Crippen LogP contribution in [0.1, 0.15) is 18.5 Å². The molecule has 0 radical (unpaired) electrons. The van der Waals surface area contributed by atoms with Crippen LogP contribution >= 0.6 is 0 Å². The van der Waals surface area contributed by atoms with Crippen LogP contribution in [-0.4, -0.2) is 76.8 Å². The van der Waals surface area contributed by atoms with Gasteiger partial charge in [0.25, 0.3) is 0 Å². The number of alkyl halides is 3. The van der Waals surface area contributed by atoms with Crippen LogP contribution < -0.4 is 20.1 Å². The van der Waals surface area contributed by atoms with Gasteiger partial charge in [-0.2, -0.15) is 13.2 Å². The van der Waals surface area contributed by atoms with Crippen molar-refractivity contribution in [2.24, 2.45) is 5.92 Å². The number of nitrogens with one attached hydrogen (secondary N) is 2. The molecule has 0 amide bonds. The fourth-order valence-corrected chi connectivity index (χ4v) is 6.09. The lowest BCUT2D eigenvalue weighted by Gasteiger charge is -2.37. The molecule has 0 spiro atoms. The van der Waals surface area contributed by atoms with Gasteiger partial charge in [0.15, 0.2) is 9.84 Å². The van der Waals surface area contributed by atoms with E-state index in [0.717, 1.165) is 32.2 Å². The van der Waals surface area contributed by atoms with E-state index >= 15 is 0 Å². The number of rotatable bonds is 6. The first kappa shape index (κ1) is 29.0. The first-order valence-electron chi connectivity index (χ1n) is 13.3. The summed E-state index contributed by atoms with van der Waals surface area (Å²) < 4.78 is 77.1. The van der Waals surface area contributed by atoms with E-state index in [9.17, 15) is 21.6 Å². The molecular weight excluding hydrogens is 557 g/mol. The number of ether oxygens (including phenoxy) is 2. The smallest absolute Gasteiger partial charge is 0.406 e. The van der Waals surface area contributed by atoms with Crippen molar-refractivity contribution in [3.05, 3.63) is 42.1 Å². The van der Waals surface area contributed by atoms with E-state index in [1.807, 2.05) is 0 Å². The zero-order chi connectivity index (χ0) is 29.4. The third kappa shape index (κ3) is 6.52. The van der Waals surface area contributed by atoms with Crippen LogP contribution in [0.3, 0.4) is 0 Å². The number of likely N-dealkylation sites (tertiary alicyclic amines) is 1. The van der Waals surface area contributed by atoms with Crippen molar-refractivity contribution < 1.29 is 31.1 Å². The van der Waals surface area contributed by atoms with Crippen LogP contribution in [-0.2, 0) is 16.4 Å². The Hall–Kier alpha value is -3.56. The molecule has 1 unspecified atom stereocenters. The summed E-state index contributed by atoms with van der Waals surface area (Å²) in [5, 5.41) is 7.28. The third-order valence-electron chi connectivity index (χ3n) is 7.65. The Kier molecular flexibility index (Phi) is 8.03. The number of halogens is 3. The lowest BCUT2D eigenvalue weighted by atomic mass is 9.89. The van der Waals surface area contributed by atoms with Gasteiger partial charge >= 0.3 is 6.18 Å². The van der Waals surface area contributed by atoms with Gasteiger partial charge in [-0.25, -0.2) is 8.42 Å². The van der Waals surface area contributed by atoms with Gasteiger partial charge in [-0.1, -0.05) is 5.92 Å². The molecule has 1 fully saturated rings. The molecular formula is C29H33F3N4O4S. The Bertz CT molecular complexity index is 1600. The first-order valence-corrected chi connectivity index (χ1v) is 15.2. The Morgan fingerprint density at radius 2 is 1.93 bits per heavy atom. The molecule has 3 aromatic rings. The molecule has 12 heteroatoms. The molecule has 1 aromatic heterocycles. The summed E-state index contributed by atoms with van der Waals surface area (Å²) in [6.45, 7) is 1.45. The van der Waals surface area contributed by atoms with Crippen molar-refractivity contribution in [3.63, 3.8) is 0 Å². The number of nitrogens with zero attached hydrogens (tertiary/aromatic N) is 2. The van der Waals surface area contributed by atoms with Crippen LogP contribution in [0.15, 0.2) is 41.3 Å². The number of aromatic nitrogens is 1.